The fourth-order valence-electron chi connectivity index (χ4n) is 3.14. The molecule has 18 heavy (non-hydrogen) atoms. The second-order valence-corrected chi connectivity index (χ2v) is 6.40. The molecule has 0 amide bonds. The first-order valence-corrected chi connectivity index (χ1v) is 8.00. The monoisotopic (exact) mass is 309 g/mol. The van der Waals surface area contributed by atoms with Crippen molar-refractivity contribution in [2.75, 3.05) is 7.05 Å². The summed E-state index contributed by atoms with van der Waals surface area (Å²) in [6, 6.07) is 9.37. The van der Waals surface area contributed by atoms with Gasteiger partial charge in [0.25, 0.3) is 0 Å². The normalized spacial score (nSPS) is 19.4. The number of hydrogen-bond acceptors (Lipinski definition) is 1. The largest absolute Gasteiger partial charge is 0.316 e. The number of rotatable bonds is 4. The molecule has 1 aliphatic rings. The maximum absolute atomic E-state index is 3.56. The summed E-state index contributed by atoms with van der Waals surface area (Å²) < 4.78 is 1.19. The van der Waals surface area contributed by atoms with Gasteiger partial charge in [-0.15, -0.1) is 0 Å². The fourth-order valence-corrected chi connectivity index (χ4v) is 3.58. The topological polar surface area (TPSA) is 12.0 Å². The van der Waals surface area contributed by atoms with Crippen LogP contribution in [0.4, 0.5) is 0 Å². The van der Waals surface area contributed by atoms with Gasteiger partial charge in [0.05, 0.1) is 0 Å². The Hall–Kier alpha value is -0.340. The molecule has 0 saturated heterocycles. The molecule has 1 unspecified atom stereocenters. The molecule has 1 fully saturated rings. The molecule has 2 rings (SSSR count). The summed E-state index contributed by atoms with van der Waals surface area (Å²) in [6.45, 7) is 0. The van der Waals surface area contributed by atoms with E-state index in [0.29, 0.717) is 6.04 Å². The number of hydrogen-bond donors (Lipinski definition) is 1. The third-order valence-electron chi connectivity index (χ3n) is 4.18. The molecule has 0 bridgehead atoms. The summed E-state index contributed by atoms with van der Waals surface area (Å²) in [4.78, 5) is 0. The van der Waals surface area contributed by atoms with Crippen molar-refractivity contribution < 1.29 is 0 Å². The second kappa shape index (κ2) is 7.30. The summed E-state index contributed by atoms with van der Waals surface area (Å²) >= 11 is 3.56. The van der Waals surface area contributed by atoms with Gasteiger partial charge in [0.2, 0.25) is 0 Å². The van der Waals surface area contributed by atoms with Gasteiger partial charge in [-0.3, -0.25) is 0 Å². The Morgan fingerprint density at radius 2 is 1.94 bits per heavy atom. The van der Waals surface area contributed by atoms with Gasteiger partial charge >= 0.3 is 0 Å². The van der Waals surface area contributed by atoms with Crippen LogP contribution in [0.15, 0.2) is 28.7 Å². The molecule has 0 spiro atoms. The minimum absolute atomic E-state index is 0.636. The molecule has 0 heterocycles. The van der Waals surface area contributed by atoms with E-state index in [0.717, 1.165) is 12.3 Å². The Labute approximate surface area is 119 Å². The molecule has 1 atom stereocenters. The first-order valence-electron chi connectivity index (χ1n) is 7.21. The van der Waals surface area contributed by atoms with Crippen molar-refractivity contribution in [2.24, 2.45) is 5.92 Å². The van der Waals surface area contributed by atoms with Crippen LogP contribution in [-0.4, -0.2) is 13.1 Å². The van der Waals surface area contributed by atoms with Crippen LogP contribution in [0, 0.1) is 5.92 Å². The van der Waals surface area contributed by atoms with Crippen LogP contribution >= 0.6 is 15.9 Å². The van der Waals surface area contributed by atoms with Crippen molar-refractivity contribution in [3.8, 4) is 0 Å². The molecule has 100 valence electrons. The van der Waals surface area contributed by atoms with Crippen molar-refractivity contribution in [1.82, 2.24) is 5.32 Å². The molecular weight excluding hydrogens is 286 g/mol. The van der Waals surface area contributed by atoms with Crippen LogP contribution in [0.5, 0.6) is 0 Å². The van der Waals surface area contributed by atoms with Crippen LogP contribution in [-0.2, 0) is 6.42 Å². The summed E-state index contributed by atoms with van der Waals surface area (Å²) in [6.07, 6.45) is 9.66. The fraction of sp³-hybridized carbons (Fsp3) is 0.625. The van der Waals surface area contributed by atoms with Gasteiger partial charge in [-0.2, -0.15) is 0 Å². The highest BCUT2D eigenvalue weighted by Crippen LogP contribution is 2.27. The van der Waals surface area contributed by atoms with Gasteiger partial charge in [-0.25, -0.2) is 0 Å². The molecule has 2 heteroatoms. The predicted molar refractivity (Wildman–Crippen MR) is 81.9 cm³/mol. The van der Waals surface area contributed by atoms with Crippen molar-refractivity contribution in [3.05, 3.63) is 34.3 Å². The minimum Gasteiger partial charge on any atom is -0.316 e. The molecule has 0 aromatic heterocycles. The van der Waals surface area contributed by atoms with E-state index >= 15 is 0 Å². The van der Waals surface area contributed by atoms with Crippen LogP contribution in [0.3, 0.4) is 0 Å². The molecule has 1 aromatic carbocycles. The first kappa shape index (κ1) is 14.1. The molecule has 1 nitrogen and oxygen atoms in total. The van der Waals surface area contributed by atoms with E-state index < -0.39 is 0 Å². The Bertz CT molecular complexity index is 356. The smallest absolute Gasteiger partial charge is 0.0178 e. The zero-order valence-electron chi connectivity index (χ0n) is 11.3. The zero-order chi connectivity index (χ0) is 12.8. The van der Waals surface area contributed by atoms with E-state index in [-0.39, 0.29) is 0 Å². The highest BCUT2D eigenvalue weighted by atomic mass is 79.9. The van der Waals surface area contributed by atoms with Gasteiger partial charge in [0.1, 0.15) is 0 Å². The molecular formula is C16H24BrN. The Morgan fingerprint density at radius 3 is 2.56 bits per heavy atom. The lowest BCUT2D eigenvalue weighted by molar-refractivity contribution is 0.332. The van der Waals surface area contributed by atoms with Gasteiger partial charge in [-0.05, 0) is 49.9 Å². The Balaban J connectivity index is 1.99. The third-order valence-corrected chi connectivity index (χ3v) is 4.68. The molecule has 1 saturated carbocycles. The van der Waals surface area contributed by atoms with Crippen LogP contribution < -0.4 is 5.32 Å². The predicted octanol–water partition coefficient (Wildman–Crippen LogP) is 4.55. The first-order chi connectivity index (χ1) is 8.79. The molecule has 1 aliphatic carbocycles. The van der Waals surface area contributed by atoms with Gasteiger partial charge in [0.15, 0.2) is 0 Å². The zero-order valence-corrected chi connectivity index (χ0v) is 12.9. The summed E-state index contributed by atoms with van der Waals surface area (Å²) in [5.74, 6) is 0.858. The summed E-state index contributed by atoms with van der Waals surface area (Å²) in [7, 11) is 2.12. The average molecular weight is 310 g/mol. The number of likely N-dealkylation sites (N-methyl/N-ethyl adjacent to an activating group) is 1. The van der Waals surface area contributed by atoms with Gasteiger partial charge in [0, 0.05) is 10.5 Å². The van der Waals surface area contributed by atoms with E-state index in [2.05, 4.69) is 52.6 Å². The highest BCUT2D eigenvalue weighted by Gasteiger charge is 2.21. The van der Waals surface area contributed by atoms with E-state index in [1.165, 1.54) is 48.6 Å². The Kier molecular flexibility index (Phi) is 5.71. The quantitative estimate of drug-likeness (QED) is 0.805. The van der Waals surface area contributed by atoms with Crippen molar-refractivity contribution in [3.63, 3.8) is 0 Å². The van der Waals surface area contributed by atoms with Crippen molar-refractivity contribution in [2.45, 2.75) is 51.0 Å². The number of halogens is 1. The van der Waals surface area contributed by atoms with Crippen LogP contribution in [0.1, 0.15) is 44.1 Å². The number of benzene rings is 1. The lowest BCUT2D eigenvalue weighted by atomic mass is 9.88. The van der Waals surface area contributed by atoms with Crippen molar-refractivity contribution >= 4 is 15.9 Å². The minimum atomic E-state index is 0.636. The molecule has 1 aromatic rings. The SMILES string of the molecule is CNC(Cc1cccc(Br)c1)C1CCCCCC1. The maximum Gasteiger partial charge on any atom is 0.0178 e. The highest BCUT2D eigenvalue weighted by molar-refractivity contribution is 9.10. The second-order valence-electron chi connectivity index (χ2n) is 5.48. The maximum atomic E-state index is 3.56. The lowest BCUT2D eigenvalue weighted by Crippen LogP contribution is -2.35. The van der Waals surface area contributed by atoms with Crippen LogP contribution in [0.2, 0.25) is 0 Å². The molecule has 0 aliphatic heterocycles. The van der Waals surface area contributed by atoms with Gasteiger partial charge < -0.3 is 5.32 Å². The van der Waals surface area contributed by atoms with E-state index in [1.54, 1.807) is 0 Å². The van der Waals surface area contributed by atoms with E-state index in [4.69, 9.17) is 0 Å². The standard InChI is InChI=1S/C16H24BrN/c1-18-16(14-8-4-2-3-5-9-14)12-13-7-6-10-15(17)11-13/h6-7,10-11,14,16,18H,2-5,8-9,12H2,1H3. The summed E-state index contributed by atoms with van der Waals surface area (Å²) in [5.41, 5.74) is 1.44. The van der Waals surface area contributed by atoms with Crippen molar-refractivity contribution in [1.29, 1.82) is 0 Å². The van der Waals surface area contributed by atoms with E-state index in [9.17, 15) is 0 Å². The summed E-state index contributed by atoms with van der Waals surface area (Å²) in [5, 5.41) is 3.55. The van der Waals surface area contributed by atoms with E-state index in [1.807, 2.05) is 0 Å². The Morgan fingerprint density at radius 1 is 1.22 bits per heavy atom. The van der Waals surface area contributed by atoms with Crippen LogP contribution in [0.25, 0.3) is 0 Å². The van der Waals surface area contributed by atoms with Gasteiger partial charge in [-0.1, -0.05) is 53.7 Å². The number of nitrogens with one attached hydrogen (secondary N) is 1. The molecule has 1 N–H and O–H groups in total. The molecule has 0 radical (unpaired) electrons. The average Bonchev–Trinajstić information content (AvgIpc) is 2.65. The lowest BCUT2D eigenvalue weighted by Gasteiger charge is -2.26. The third kappa shape index (κ3) is 4.10.